The molecule has 0 aliphatic carbocycles. The van der Waals surface area contributed by atoms with E-state index in [-0.39, 0.29) is 11.8 Å². The topological polar surface area (TPSA) is 56.6 Å². The second-order valence-electron chi connectivity index (χ2n) is 8.04. The van der Waals surface area contributed by atoms with Crippen molar-refractivity contribution in [1.82, 2.24) is 4.90 Å². The van der Waals surface area contributed by atoms with Crippen LogP contribution in [-0.4, -0.2) is 23.4 Å². The fourth-order valence-corrected chi connectivity index (χ4v) is 5.35. The highest BCUT2D eigenvalue weighted by molar-refractivity contribution is 8.03. The van der Waals surface area contributed by atoms with Gasteiger partial charge in [-0.15, -0.1) is 0 Å². The van der Waals surface area contributed by atoms with Crippen LogP contribution >= 0.6 is 11.8 Å². The number of para-hydroxylation sites is 1. The van der Waals surface area contributed by atoms with Gasteiger partial charge in [-0.1, -0.05) is 72.4 Å². The Morgan fingerprint density at radius 3 is 2.36 bits per heavy atom. The first-order valence-electron chi connectivity index (χ1n) is 10.9. The van der Waals surface area contributed by atoms with Gasteiger partial charge in [0.25, 0.3) is 0 Å². The van der Waals surface area contributed by atoms with Crippen LogP contribution in [0.15, 0.2) is 95.5 Å². The van der Waals surface area contributed by atoms with Gasteiger partial charge in [0.05, 0.1) is 29.2 Å². The minimum Gasteiger partial charge on any atom is -0.489 e. The Balaban J connectivity index is 1.33. The van der Waals surface area contributed by atoms with Crippen LogP contribution in [0.4, 0.5) is 5.69 Å². The third-order valence-corrected chi connectivity index (χ3v) is 7.10. The Hall–Kier alpha value is -3.69. The van der Waals surface area contributed by atoms with E-state index in [4.69, 9.17) is 4.74 Å². The predicted molar refractivity (Wildman–Crippen MR) is 130 cm³/mol. The highest BCUT2D eigenvalue weighted by Gasteiger charge is 2.38. The van der Waals surface area contributed by atoms with Crippen LogP contribution in [0.5, 0.6) is 5.75 Å². The molecule has 5 rings (SSSR count). The molecular weight excluding hydrogens is 430 g/mol. The molecule has 0 saturated carbocycles. The van der Waals surface area contributed by atoms with Gasteiger partial charge in [0.15, 0.2) is 0 Å². The van der Waals surface area contributed by atoms with Crippen molar-refractivity contribution in [3.8, 4) is 11.8 Å². The van der Waals surface area contributed by atoms with Crippen LogP contribution < -0.4 is 9.64 Å². The summed E-state index contributed by atoms with van der Waals surface area (Å²) in [4.78, 5) is 17.0. The van der Waals surface area contributed by atoms with Gasteiger partial charge >= 0.3 is 0 Å². The van der Waals surface area contributed by atoms with E-state index >= 15 is 0 Å². The van der Waals surface area contributed by atoms with Gasteiger partial charge in [-0.3, -0.25) is 9.69 Å². The molecule has 0 aromatic heterocycles. The Bertz CT molecular complexity index is 1200. The van der Waals surface area contributed by atoms with Gasteiger partial charge in [0.1, 0.15) is 12.4 Å². The number of thioether (sulfide) groups is 1. The van der Waals surface area contributed by atoms with Gasteiger partial charge in [-0.2, -0.15) is 5.26 Å². The summed E-state index contributed by atoms with van der Waals surface area (Å²) in [7, 11) is 0. The Kier molecular flexibility index (Phi) is 6.05. The van der Waals surface area contributed by atoms with Crippen LogP contribution in [0.25, 0.3) is 0 Å². The molecule has 3 aromatic rings. The molecule has 1 atom stereocenters. The van der Waals surface area contributed by atoms with Crippen LogP contribution in [0.1, 0.15) is 23.5 Å². The van der Waals surface area contributed by atoms with E-state index in [2.05, 4.69) is 11.0 Å². The number of ether oxygens (including phenoxy) is 1. The number of hydrogen-bond acceptors (Lipinski definition) is 5. The molecule has 33 heavy (non-hydrogen) atoms. The number of fused-ring (bicyclic) bond motifs is 1. The van der Waals surface area contributed by atoms with Crippen LogP contribution in [-0.2, 0) is 11.4 Å². The number of nitrogens with zero attached hydrogens (tertiary/aromatic N) is 3. The molecule has 6 heteroatoms. The third-order valence-electron chi connectivity index (χ3n) is 5.95. The van der Waals surface area contributed by atoms with Crippen molar-refractivity contribution < 1.29 is 9.53 Å². The second kappa shape index (κ2) is 9.43. The van der Waals surface area contributed by atoms with Crippen LogP contribution in [0, 0.1) is 11.3 Å². The molecule has 164 valence electrons. The van der Waals surface area contributed by atoms with Crippen molar-refractivity contribution in [2.45, 2.75) is 18.9 Å². The van der Waals surface area contributed by atoms with E-state index in [1.165, 1.54) is 0 Å². The molecule has 1 amide bonds. The van der Waals surface area contributed by atoms with E-state index in [0.717, 1.165) is 27.6 Å². The summed E-state index contributed by atoms with van der Waals surface area (Å²) >= 11 is 1.56. The van der Waals surface area contributed by atoms with Crippen molar-refractivity contribution in [3.63, 3.8) is 0 Å². The summed E-state index contributed by atoms with van der Waals surface area (Å²) in [5.41, 5.74) is 3.81. The maximum atomic E-state index is 13.1. The monoisotopic (exact) mass is 453 g/mol. The molecule has 5 nitrogen and oxygen atoms in total. The van der Waals surface area contributed by atoms with E-state index in [9.17, 15) is 10.1 Å². The lowest BCUT2D eigenvalue weighted by Gasteiger charge is -2.42. The molecule has 0 radical (unpaired) electrons. The van der Waals surface area contributed by atoms with E-state index < -0.39 is 0 Å². The number of nitriles is 1. The average Bonchev–Trinajstić information content (AvgIpc) is 2.89. The maximum absolute atomic E-state index is 13.1. The third kappa shape index (κ3) is 4.46. The van der Waals surface area contributed by atoms with Crippen LogP contribution in [0.3, 0.4) is 0 Å². The zero-order valence-electron chi connectivity index (χ0n) is 18.1. The molecule has 1 saturated heterocycles. The largest absolute Gasteiger partial charge is 0.489 e. The highest BCUT2D eigenvalue weighted by atomic mass is 32.2. The van der Waals surface area contributed by atoms with Crippen molar-refractivity contribution in [2.75, 3.05) is 17.4 Å². The van der Waals surface area contributed by atoms with Gasteiger partial charge < -0.3 is 9.64 Å². The Morgan fingerprint density at radius 1 is 0.970 bits per heavy atom. The smallest absolute Gasteiger partial charge is 0.229 e. The molecule has 2 aliphatic heterocycles. The van der Waals surface area contributed by atoms with Gasteiger partial charge in [-0.25, -0.2) is 0 Å². The van der Waals surface area contributed by atoms with Gasteiger partial charge in [0.2, 0.25) is 5.91 Å². The lowest BCUT2D eigenvalue weighted by atomic mass is 9.86. The molecule has 2 aliphatic rings. The number of benzene rings is 3. The Morgan fingerprint density at radius 2 is 1.67 bits per heavy atom. The standard InChI is InChI=1S/C27H23N3O2S/c28-16-25-24(21-11-13-23(14-12-21)32-17-20-7-3-1-4-8-20)15-26(31)30-18-29(19-33-27(25)30)22-9-5-2-6-10-22/h1-14,24H,15,17-19H2/t24-/m1/s1. The van der Waals surface area contributed by atoms with E-state index in [0.29, 0.717) is 31.1 Å². The Labute approximate surface area is 197 Å². The minimum absolute atomic E-state index is 0.0477. The van der Waals surface area contributed by atoms with Gasteiger partial charge in [0, 0.05) is 18.0 Å². The summed E-state index contributed by atoms with van der Waals surface area (Å²) in [5.74, 6) is 1.29. The zero-order valence-corrected chi connectivity index (χ0v) is 18.9. The number of amides is 1. The molecule has 1 fully saturated rings. The lowest BCUT2D eigenvalue weighted by molar-refractivity contribution is -0.129. The molecule has 0 N–H and O–H groups in total. The minimum atomic E-state index is -0.229. The van der Waals surface area contributed by atoms with Gasteiger partial charge in [-0.05, 0) is 35.4 Å². The van der Waals surface area contributed by atoms with E-state index in [1.807, 2.05) is 84.9 Å². The van der Waals surface area contributed by atoms with Crippen LogP contribution in [0.2, 0.25) is 0 Å². The number of carbonyl (C=O) groups excluding carboxylic acids is 1. The average molecular weight is 454 g/mol. The summed E-state index contributed by atoms with van der Waals surface area (Å²) < 4.78 is 5.89. The number of allylic oxidation sites excluding steroid dienone is 1. The highest BCUT2D eigenvalue weighted by Crippen LogP contribution is 2.43. The molecule has 2 heterocycles. The molecule has 0 bridgehead atoms. The van der Waals surface area contributed by atoms with Crippen molar-refractivity contribution >= 4 is 23.4 Å². The lowest BCUT2D eigenvalue weighted by Crippen LogP contribution is -2.47. The summed E-state index contributed by atoms with van der Waals surface area (Å²) in [5, 5.41) is 10.8. The summed E-state index contributed by atoms with van der Waals surface area (Å²) in [6.07, 6.45) is 0.291. The predicted octanol–water partition coefficient (Wildman–Crippen LogP) is 5.49. The molecule has 3 aromatic carbocycles. The number of anilines is 1. The number of carbonyl (C=O) groups is 1. The molecule has 0 unspecified atom stereocenters. The number of hydrogen-bond donors (Lipinski definition) is 0. The van der Waals surface area contributed by atoms with Crippen molar-refractivity contribution in [2.24, 2.45) is 0 Å². The fraction of sp³-hybridized carbons (Fsp3) is 0.185. The first-order valence-corrected chi connectivity index (χ1v) is 11.9. The maximum Gasteiger partial charge on any atom is 0.229 e. The summed E-state index contributed by atoms with van der Waals surface area (Å²) in [6.45, 7) is 0.967. The first kappa shape index (κ1) is 21.2. The zero-order chi connectivity index (χ0) is 22.6. The molecular formula is C27H23N3O2S. The second-order valence-corrected chi connectivity index (χ2v) is 8.98. The quantitative estimate of drug-likeness (QED) is 0.512. The van der Waals surface area contributed by atoms with Crippen molar-refractivity contribution in [1.29, 1.82) is 5.26 Å². The normalized spacial score (nSPS) is 18.0. The first-order chi connectivity index (χ1) is 16.2. The van der Waals surface area contributed by atoms with Crippen molar-refractivity contribution in [3.05, 3.63) is 107 Å². The van der Waals surface area contributed by atoms with E-state index in [1.54, 1.807) is 16.7 Å². The summed E-state index contributed by atoms with van der Waals surface area (Å²) in [6, 6.07) is 30.2. The fourth-order valence-electron chi connectivity index (χ4n) is 4.19. The number of rotatable bonds is 5. The molecule has 0 spiro atoms. The SMILES string of the molecule is N#CC1=C2SCN(c3ccccc3)CN2C(=O)C[C@@H]1c1ccc(OCc2ccccc2)cc1.